The van der Waals surface area contributed by atoms with Crippen molar-refractivity contribution in [1.82, 2.24) is 0 Å². The molecule has 0 saturated carbocycles. The van der Waals surface area contributed by atoms with Gasteiger partial charge in [0.25, 0.3) is 5.67 Å². The maximum atomic E-state index is 15.8. The highest BCUT2D eigenvalue weighted by molar-refractivity contribution is 6.07. The Hall–Kier alpha value is -2.75. The molecule has 2 atom stereocenters. The topological polar surface area (TPSA) is 43.4 Å². The van der Waals surface area contributed by atoms with Crippen molar-refractivity contribution in [1.29, 1.82) is 0 Å². The van der Waals surface area contributed by atoms with E-state index in [9.17, 15) is 9.59 Å². The number of hydrogen-bond donors (Lipinski definition) is 0. The van der Waals surface area contributed by atoms with Gasteiger partial charge in [-0.15, -0.1) is 0 Å². The number of ketones is 1. The number of esters is 1. The minimum atomic E-state index is -2.79. The summed E-state index contributed by atoms with van der Waals surface area (Å²) in [6.45, 7) is 6.56. The van der Waals surface area contributed by atoms with Gasteiger partial charge >= 0.3 is 5.97 Å². The number of hydrogen-bond acceptors (Lipinski definition) is 3. The van der Waals surface area contributed by atoms with Crippen LogP contribution in [0.5, 0.6) is 0 Å². The minimum Gasteiger partial charge on any atom is -0.463 e. The predicted molar refractivity (Wildman–Crippen MR) is 105 cm³/mol. The number of ether oxygens (including phenoxy) is 1. The largest absolute Gasteiger partial charge is 0.463 e. The Morgan fingerprint density at radius 2 is 1.56 bits per heavy atom. The van der Waals surface area contributed by atoms with Gasteiger partial charge in [0.2, 0.25) is 0 Å². The molecule has 3 nitrogen and oxygen atoms in total. The van der Waals surface area contributed by atoms with E-state index in [2.05, 4.69) is 0 Å². The smallest absolute Gasteiger partial charge is 0.352 e. The molecule has 0 fully saturated rings. The molecule has 2 unspecified atom stereocenters. The third kappa shape index (κ3) is 4.70. The van der Waals surface area contributed by atoms with Gasteiger partial charge in [-0.05, 0) is 38.8 Å². The summed E-state index contributed by atoms with van der Waals surface area (Å²) in [4.78, 5) is 24.6. The van der Waals surface area contributed by atoms with Gasteiger partial charge in [0.1, 0.15) is 0 Å². The van der Waals surface area contributed by atoms with Crippen molar-refractivity contribution in [3.63, 3.8) is 0 Å². The SMILES string of the molecule is CCOC(=O)C(F)(C(C)=O)C(/C=C/c1ccc(C)cc1)c1ccc(C)cc1. The fourth-order valence-electron chi connectivity index (χ4n) is 2.86. The van der Waals surface area contributed by atoms with E-state index in [-0.39, 0.29) is 6.61 Å². The van der Waals surface area contributed by atoms with Crippen LogP contribution in [-0.2, 0) is 14.3 Å². The van der Waals surface area contributed by atoms with E-state index in [1.165, 1.54) is 0 Å². The van der Waals surface area contributed by atoms with Crippen molar-refractivity contribution in [3.05, 3.63) is 76.9 Å². The Morgan fingerprint density at radius 1 is 1.04 bits per heavy atom. The molecule has 27 heavy (non-hydrogen) atoms. The molecule has 0 aliphatic heterocycles. The maximum Gasteiger partial charge on any atom is 0.352 e. The van der Waals surface area contributed by atoms with Crippen LogP contribution in [0.15, 0.2) is 54.6 Å². The first-order chi connectivity index (χ1) is 12.8. The minimum absolute atomic E-state index is 0.0000770. The van der Waals surface area contributed by atoms with Crippen LogP contribution in [-0.4, -0.2) is 24.0 Å². The molecule has 0 N–H and O–H groups in total. The van der Waals surface area contributed by atoms with Crippen molar-refractivity contribution < 1.29 is 18.7 Å². The van der Waals surface area contributed by atoms with E-state index in [4.69, 9.17) is 4.74 Å². The fourth-order valence-corrected chi connectivity index (χ4v) is 2.86. The van der Waals surface area contributed by atoms with Crippen LogP contribution in [0.1, 0.15) is 42.0 Å². The highest BCUT2D eigenvalue weighted by Gasteiger charge is 2.52. The lowest BCUT2D eigenvalue weighted by Crippen LogP contribution is -2.47. The highest BCUT2D eigenvalue weighted by atomic mass is 19.1. The summed E-state index contributed by atoms with van der Waals surface area (Å²) in [7, 11) is 0. The monoisotopic (exact) mass is 368 g/mol. The summed E-state index contributed by atoms with van der Waals surface area (Å²) in [6, 6.07) is 14.8. The van der Waals surface area contributed by atoms with Gasteiger partial charge < -0.3 is 4.74 Å². The lowest BCUT2D eigenvalue weighted by atomic mass is 9.80. The molecule has 2 aromatic rings. The Kier molecular flexibility index (Phi) is 6.67. The van der Waals surface area contributed by atoms with Gasteiger partial charge in [0.05, 0.1) is 12.5 Å². The third-order valence-electron chi connectivity index (χ3n) is 4.51. The normalized spacial score (nSPS) is 14.6. The van der Waals surface area contributed by atoms with Gasteiger partial charge in [-0.1, -0.05) is 71.8 Å². The molecule has 142 valence electrons. The predicted octanol–water partition coefficient (Wildman–Crippen LogP) is 4.96. The molecule has 2 aromatic carbocycles. The number of aryl methyl sites for hydroxylation is 2. The van der Waals surface area contributed by atoms with Crippen LogP contribution in [0.2, 0.25) is 0 Å². The molecule has 0 aliphatic carbocycles. The standard InChI is InChI=1S/C23H25FO3/c1-5-27-22(26)23(24,18(4)25)21(20-13-8-17(3)9-14-20)15-12-19-10-6-16(2)7-11-19/h6-15,21H,5H2,1-4H3/b15-12+. The van der Waals surface area contributed by atoms with Crippen molar-refractivity contribution in [3.8, 4) is 0 Å². The Balaban J connectivity index is 2.53. The molecule has 2 rings (SSSR count). The average Bonchev–Trinajstić information content (AvgIpc) is 2.64. The quantitative estimate of drug-likeness (QED) is 0.512. The number of carbonyl (C=O) groups excluding carboxylic acids is 2. The van der Waals surface area contributed by atoms with E-state index in [1.54, 1.807) is 31.2 Å². The third-order valence-corrected chi connectivity index (χ3v) is 4.51. The maximum absolute atomic E-state index is 15.8. The fraction of sp³-hybridized carbons (Fsp3) is 0.304. The van der Waals surface area contributed by atoms with Gasteiger partial charge in [-0.25, -0.2) is 9.18 Å². The van der Waals surface area contributed by atoms with Crippen LogP contribution in [0, 0.1) is 13.8 Å². The zero-order chi connectivity index (χ0) is 20.0. The van der Waals surface area contributed by atoms with E-state index >= 15 is 4.39 Å². The summed E-state index contributed by atoms with van der Waals surface area (Å²) in [5.41, 5.74) is 0.717. The zero-order valence-electron chi connectivity index (χ0n) is 16.2. The van der Waals surface area contributed by atoms with E-state index in [0.717, 1.165) is 23.6 Å². The van der Waals surface area contributed by atoms with Gasteiger partial charge in [0, 0.05) is 0 Å². The summed E-state index contributed by atoms with van der Waals surface area (Å²) < 4.78 is 20.7. The second-order valence-corrected chi connectivity index (χ2v) is 6.65. The summed E-state index contributed by atoms with van der Waals surface area (Å²) in [5.74, 6) is -3.12. The highest BCUT2D eigenvalue weighted by Crippen LogP contribution is 2.36. The zero-order valence-corrected chi connectivity index (χ0v) is 16.2. The first kappa shape index (κ1) is 20.6. The molecule has 4 heteroatoms. The van der Waals surface area contributed by atoms with Gasteiger partial charge in [-0.2, -0.15) is 0 Å². The van der Waals surface area contributed by atoms with Crippen molar-refractivity contribution in [2.24, 2.45) is 0 Å². The van der Waals surface area contributed by atoms with Crippen molar-refractivity contribution in [2.75, 3.05) is 6.61 Å². The molecule has 0 aliphatic rings. The number of Topliss-reactive ketones (excluding diaryl/α,β-unsaturated/α-hetero) is 1. The molecule has 0 radical (unpaired) electrons. The Labute approximate surface area is 159 Å². The molecular weight excluding hydrogens is 343 g/mol. The molecule has 0 amide bonds. The van der Waals surface area contributed by atoms with Gasteiger partial charge in [-0.3, -0.25) is 4.79 Å². The van der Waals surface area contributed by atoms with Crippen LogP contribution in [0.25, 0.3) is 6.08 Å². The number of benzene rings is 2. The summed E-state index contributed by atoms with van der Waals surface area (Å²) >= 11 is 0. The van der Waals surface area contributed by atoms with E-state index in [0.29, 0.717) is 5.56 Å². The number of carbonyl (C=O) groups is 2. The first-order valence-corrected chi connectivity index (χ1v) is 8.97. The lowest BCUT2D eigenvalue weighted by molar-refractivity contribution is -0.162. The van der Waals surface area contributed by atoms with Crippen LogP contribution < -0.4 is 0 Å². The van der Waals surface area contributed by atoms with Gasteiger partial charge in [0.15, 0.2) is 5.78 Å². The second kappa shape index (κ2) is 8.76. The number of halogens is 1. The lowest BCUT2D eigenvalue weighted by Gasteiger charge is -2.28. The molecule has 0 spiro atoms. The van der Waals surface area contributed by atoms with Crippen LogP contribution >= 0.6 is 0 Å². The summed E-state index contributed by atoms with van der Waals surface area (Å²) in [5, 5.41) is 0. The molecule has 0 heterocycles. The number of rotatable bonds is 7. The first-order valence-electron chi connectivity index (χ1n) is 8.97. The Bertz CT molecular complexity index is 822. The van der Waals surface area contributed by atoms with E-state index < -0.39 is 23.3 Å². The molecule has 0 saturated heterocycles. The molecule has 0 bridgehead atoms. The number of alkyl halides is 1. The second-order valence-electron chi connectivity index (χ2n) is 6.65. The van der Waals surface area contributed by atoms with Crippen molar-refractivity contribution in [2.45, 2.75) is 39.3 Å². The van der Waals surface area contributed by atoms with Crippen LogP contribution in [0.3, 0.4) is 0 Å². The average molecular weight is 368 g/mol. The van der Waals surface area contributed by atoms with E-state index in [1.807, 2.05) is 50.2 Å². The molecule has 0 aromatic heterocycles. The van der Waals surface area contributed by atoms with Crippen molar-refractivity contribution >= 4 is 17.8 Å². The van der Waals surface area contributed by atoms with Crippen LogP contribution in [0.4, 0.5) is 4.39 Å². The summed E-state index contributed by atoms with van der Waals surface area (Å²) in [6.07, 6.45) is 3.29. The number of allylic oxidation sites excluding steroid dienone is 1. The molecular formula is C23H25FO3. The Morgan fingerprint density at radius 3 is 2.04 bits per heavy atom.